The first-order valence-electron chi connectivity index (χ1n) is 8.07. The Morgan fingerprint density at radius 3 is 2.84 bits per heavy atom. The molecule has 0 bridgehead atoms. The lowest BCUT2D eigenvalue weighted by atomic mass is 10.2. The number of halogens is 3. The molecule has 4 nitrogen and oxygen atoms in total. The quantitative estimate of drug-likeness (QED) is 0.770. The first kappa shape index (κ1) is 18.1. The topological polar surface area (TPSA) is 34.5 Å². The van der Waals surface area contributed by atoms with Gasteiger partial charge < -0.3 is 14.2 Å². The van der Waals surface area contributed by atoms with Crippen molar-refractivity contribution in [3.63, 3.8) is 0 Å². The Morgan fingerprint density at radius 2 is 2.12 bits per heavy atom. The van der Waals surface area contributed by atoms with Gasteiger partial charge in [-0.15, -0.1) is 11.8 Å². The summed E-state index contributed by atoms with van der Waals surface area (Å²) in [5, 5.41) is 1.05. The van der Waals surface area contributed by atoms with Crippen LogP contribution < -0.4 is 0 Å². The Kier molecular flexibility index (Phi) is 5.29. The summed E-state index contributed by atoms with van der Waals surface area (Å²) in [7, 11) is 0. The number of hydrogen-bond acceptors (Lipinski definition) is 3. The highest BCUT2D eigenvalue weighted by Crippen LogP contribution is 2.31. The average molecular weight is 372 g/mol. The van der Waals surface area contributed by atoms with E-state index in [9.17, 15) is 18.0 Å². The third-order valence-corrected chi connectivity index (χ3v) is 5.26. The molecule has 1 aromatic carbocycles. The molecule has 0 aliphatic carbocycles. The van der Waals surface area contributed by atoms with Crippen LogP contribution in [-0.4, -0.2) is 53.1 Å². The van der Waals surface area contributed by atoms with Crippen LogP contribution in [0.15, 0.2) is 35.4 Å². The number of rotatable bonds is 4. The molecule has 25 heavy (non-hydrogen) atoms. The van der Waals surface area contributed by atoms with Crippen molar-refractivity contribution in [2.24, 2.45) is 0 Å². The highest BCUT2D eigenvalue weighted by atomic mass is 32.2. The number of thioether (sulfide) groups is 1. The molecule has 0 radical (unpaired) electrons. The van der Waals surface area contributed by atoms with Gasteiger partial charge in [0.25, 0.3) is 0 Å². The number of morpholine rings is 1. The van der Waals surface area contributed by atoms with E-state index in [2.05, 4.69) is 4.57 Å². The molecule has 0 saturated carbocycles. The van der Waals surface area contributed by atoms with Crippen molar-refractivity contribution in [2.45, 2.75) is 30.6 Å². The van der Waals surface area contributed by atoms with Gasteiger partial charge in [0.05, 0.1) is 18.9 Å². The highest BCUT2D eigenvalue weighted by Gasteiger charge is 2.44. The second-order valence-corrected chi connectivity index (χ2v) is 6.84. The lowest BCUT2D eigenvalue weighted by Crippen LogP contribution is -2.51. The summed E-state index contributed by atoms with van der Waals surface area (Å²) in [6, 6.07) is 7.90. The van der Waals surface area contributed by atoms with Gasteiger partial charge in [0, 0.05) is 35.1 Å². The van der Waals surface area contributed by atoms with Gasteiger partial charge in [-0.1, -0.05) is 18.2 Å². The molecular weight excluding hydrogens is 353 g/mol. The minimum Gasteiger partial charge on any atom is -0.365 e. The van der Waals surface area contributed by atoms with E-state index >= 15 is 0 Å². The number of hydrogen-bond donors (Lipinski definition) is 0. The number of amides is 1. The second-order valence-electron chi connectivity index (χ2n) is 5.83. The number of aromatic nitrogens is 1. The van der Waals surface area contributed by atoms with Crippen LogP contribution in [0.4, 0.5) is 13.2 Å². The van der Waals surface area contributed by atoms with E-state index in [0.717, 1.165) is 22.3 Å². The van der Waals surface area contributed by atoms with Gasteiger partial charge in [-0.25, -0.2) is 0 Å². The van der Waals surface area contributed by atoms with Crippen LogP contribution in [0.3, 0.4) is 0 Å². The van der Waals surface area contributed by atoms with E-state index in [1.807, 2.05) is 37.4 Å². The van der Waals surface area contributed by atoms with E-state index in [0.29, 0.717) is 0 Å². The van der Waals surface area contributed by atoms with Crippen molar-refractivity contribution in [2.75, 3.05) is 25.4 Å². The van der Waals surface area contributed by atoms with Crippen molar-refractivity contribution < 1.29 is 22.7 Å². The molecule has 2 heterocycles. The van der Waals surface area contributed by atoms with E-state index in [1.165, 1.54) is 16.7 Å². The van der Waals surface area contributed by atoms with E-state index < -0.39 is 18.8 Å². The lowest BCUT2D eigenvalue weighted by Gasteiger charge is -2.33. The van der Waals surface area contributed by atoms with E-state index in [4.69, 9.17) is 4.74 Å². The van der Waals surface area contributed by atoms with Gasteiger partial charge in [0.15, 0.2) is 6.10 Å². The molecule has 3 rings (SSSR count). The minimum atomic E-state index is -4.44. The van der Waals surface area contributed by atoms with Crippen LogP contribution in [0.2, 0.25) is 0 Å². The Labute approximate surface area is 147 Å². The fourth-order valence-corrected chi connectivity index (χ4v) is 3.89. The minimum absolute atomic E-state index is 0.0876. The van der Waals surface area contributed by atoms with Crippen molar-refractivity contribution >= 4 is 28.6 Å². The molecule has 136 valence electrons. The summed E-state index contributed by atoms with van der Waals surface area (Å²) in [4.78, 5) is 14.5. The van der Waals surface area contributed by atoms with Gasteiger partial charge in [-0.3, -0.25) is 4.79 Å². The Morgan fingerprint density at radius 1 is 1.36 bits per heavy atom. The van der Waals surface area contributed by atoms with E-state index in [-0.39, 0.29) is 24.8 Å². The van der Waals surface area contributed by atoms with Gasteiger partial charge in [0.2, 0.25) is 5.91 Å². The summed E-state index contributed by atoms with van der Waals surface area (Å²) in [6.07, 6.45) is -4.35. The molecule has 2 aromatic rings. The average Bonchev–Trinajstić information content (AvgIpc) is 2.97. The van der Waals surface area contributed by atoms with Crippen LogP contribution in [0.1, 0.15) is 6.92 Å². The zero-order valence-electron chi connectivity index (χ0n) is 13.8. The number of alkyl halides is 3. The standard InChI is InChI=1S/C17H19F3N2O2S/c1-2-21-9-14(12-5-3-4-6-13(12)21)25-11-16(23)22-7-8-24-15(10-22)17(18,19)20/h3-6,9,15H,2,7-8,10-11H2,1H3. The lowest BCUT2D eigenvalue weighted by molar-refractivity contribution is -0.236. The van der Waals surface area contributed by atoms with Gasteiger partial charge in [-0.05, 0) is 13.0 Å². The third kappa shape index (κ3) is 3.95. The molecule has 1 fully saturated rings. The van der Waals surface area contributed by atoms with E-state index in [1.54, 1.807) is 0 Å². The maximum absolute atomic E-state index is 12.8. The fraction of sp³-hybridized carbons (Fsp3) is 0.471. The number of aryl methyl sites for hydroxylation is 1. The monoisotopic (exact) mass is 372 g/mol. The number of ether oxygens (including phenoxy) is 1. The first-order valence-corrected chi connectivity index (χ1v) is 9.05. The van der Waals surface area contributed by atoms with Crippen LogP contribution in [0.25, 0.3) is 10.9 Å². The molecule has 1 unspecified atom stereocenters. The number of benzene rings is 1. The number of para-hydroxylation sites is 1. The highest BCUT2D eigenvalue weighted by molar-refractivity contribution is 8.00. The molecule has 1 amide bonds. The van der Waals surface area contributed by atoms with Crippen molar-refractivity contribution in [3.05, 3.63) is 30.5 Å². The number of carbonyl (C=O) groups is 1. The van der Waals surface area contributed by atoms with Crippen LogP contribution >= 0.6 is 11.8 Å². The largest absolute Gasteiger partial charge is 0.416 e. The SMILES string of the molecule is CCn1cc(SCC(=O)N2CCOC(C(F)(F)F)C2)c2ccccc21. The van der Waals surface area contributed by atoms with Gasteiger partial charge >= 0.3 is 6.18 Å². The number of nitrogens with zero attached hydrogens (tertiary/aromatic N) is 2. The van der Waals surface area contributed by atoms with Gasteiger partial charge in [0.1, 0.15) is 0 Å². The summed E-state index contributed by atoms with van der Waals surface area (Å²) >= 11 is 1.36. The molecule has 1 aliphatic heterocycles. The normalized spacial score (nSPS) is 18.7. The van der Waals surface area contributed by atoms with Crippen molar-refractivity contribution in [1.82, 2.24) is 9.47 Å². The fourth-order valence-electron chi connectivity index (χ4n) is 2.89. The van der Waals surface area contributed by atoms with Crippen molar-refractivity contribution in [1.29, 1.82) is 0 Å². The van der Waals surface area contributed by atoms with Crippen molar-refractivity contribution in [3.8, 4) is 0 Å². The smallest absolute Gasteiger partial charge is 0.365 e. The molecule has 0 N–H and O–H groups in total. The summed E-state index contributed by atoms with van der Waals surface area (Å²) < 4.78 is 45.1. The van der Waals surface area contributed by atoms with Crippen LogP contribution in [-0.2, 0) is 16.1 Å². The maximum Gasteiger partial charge on any atom is 0.416 e. The molecule has 1 aromatic heterocycles. The van der Waals surface area contributed by atoms with Crippen LogP contribution in [0.5, 0.6) is 0 Å². The predicted octanol–water partition coefficient (Wildman–Crippen LogP) is 3.54. The first-order chi connectivity index (χ1) is 11.9. The number of fused-ring (bicyclic) bond motifs is 1. The third-order valence-electron chi connectivity index (χ3n) is 4.23. The second kappa shape index (κ2) is 7.29. The number of carbonyl (C=O) groups excluding carboxylic acids is 1. The molecule has 1 aliphatic rings. The predicted molar refractivity (Wildman–Crippen MR) is 90.7 cm³/mol. The zero-order valence-corrected chi connectivity index (χ0v) is 14.6. The van der Waals surface area contributed by atoms with Crippen LogP contribution in [0, 0.1) is 0 Å². The molecule has 0 spiro atoms. The molecule has 1 atom stereocenters. The summed E-state index contributed by atoms with van der Waals surface area (Å²) in [6.45, 7) is 2.53. The molecule has 8 heteroatoms. The Balaban J connectivity index is 1.67. The summed E-state index contributed by atoms with van der Waals surface area (Å²) in [5.41, 5.74) is 1.09. The summed E-state index contributed by atoms with van der Waals surface area (Å²) in [5.74, 6) is -0.182. The Bertz CT molecular complexity index is 760. The molecular formula is C17H19F3N2O2S. The molecule has 1 saturated heterocycles. The zero-order chi connectivity index (χ0) is 18.0. The maximum atomic E-state index is 12.8. The Hall–Kier alpha value is -1.67. The van der Waals surface area contributed by atoms with Gasteiger partial charge in [-0.2, -0.15) is 13.2 Å².